The van der Waals surface area contributed by atoms with Gasteiger partial charge in [-0.15, -0.1) is 11.3 Å². The molecule has 1 aliphatic rings. The maximum Gasteiger partial charge on any atom is 0.264 e. The van der Waals surface area contributed by atoms with Gasteiger partial charge in [0.15, 0.2) is 0 Å². The molecule has 0 radical (unpaired) electrons. The number of likely N-dealkylation sites (tertiary alicyclic amines) is 1. The van der Waals surface area contributed by atoms with Crippen molar-refractivity contribution in [1.82, 2.24) is 4.90 Å². The summed E-state index contributed by atoms with van der Waals surface area (Å²) in [6.07, 6.45) is 0.214. The highest BCUT2D eigenvalue weighted by Crippen LogP contribution is 2.28. The van der Waals surface area contributed by atoms with E-state index in [1.807, 2.05) is 0 Å². The number of β-amino-alcohol motifs (C(OH)–C–C–N with tert-alkyl or cyclic N) is 1. The SMILES string of the molecule is O=C(c1cc2cc(F)ccc2s1)N1CCC(O)C1. The Kier molecular flexibility index (Phi) is 2.80. The number of rotatable bonds is 1. The van der Waals surface area contributed by atoms with Crippen molar-refractivity contribution in [2.75, 3.05) is 13.1 Å². The number of fused-ring (bicyclic) bond motifs is 1. The van der Waals surface area contributed by atoms with E-state index in [9.17, 15) is 14.3 Å². The monoisotopic (exact) mass is 265 g/mol. The number of benzene rings is 1. The van der Waals surface area contributed by atoms with Gasteiger partial charge in [-0.3, -0.25) is 4.79 Å². The van der Waals surface area contributed by atoms with E-state index in [1.165, 1.54) is 23.5 Å². The second-order valence-corrected chi connectivity index (χ2v) is 5.57. The van der Waals surface area contributed by atoms with Crippen molar-refractivity contribution in [3.8, 4) is 0 Å². The quantitative estimate of drug-likeness (QED) is 0.859. The van der Waals surface area contributed by atoms with Crippen molar-refractivity contribution < 1.29 is 14.3 Å². The standard InChI is InChI=1S/C13H12FNO2S/c14-9-1-2-11-8(5-9)6-12(18-11)13(17)15-4-3-10(16)7-15/h1-2,5-6,10,16H,3-4,7H2. The summed E-state index contributed by atoms with van der Waals surface area (Å²) in [6.45, 7) is 0.976. The Morgan fingerprint density at radius 3 is 3.00 bits per heavy atom. The number of hydrogen-bond donors (Lipinski definition) is 1. The second-order valence-electron chi connectivity index (χ2n) is 4.49. The minimum absolute atomic E-state index is 0.0758. The number of halogens is 1. The zero-order valence-corrected chi connectivity index (χ0v) is 10.4. The number of thiophene rings is 1. The third-order valence-corrected chi connectivity index (χ3v) is 4.24. The van der Waals surface area contributed by atoms with Crippen LogP contribution < -0.4 is 0 Å². The number of hydrogen-bond acceptors (Lipinski definition) is 3. The number of aliphatic hydroxyl groups is 1. The van der Waals surface area contributed by atoms with Crippen molar-refractivity contribution in [3.05, 3.63) is 35.0 Å². The van der Waals surface area contributed by atoms with Crippen LogP contribution in [0.25, 0.3) is 10.1 Å². The van der Waals surface area contributed by atoms with Crippen molar-refractivity contribution in [1.29, 1.82) is 0 Å². The lowest BCUT2D eigenvalue weighted by Gasteiger charge is -2.13. The van der Waals surface area contributed by atoms with Crippen LogP contribution in [0.15, 0.2) is 24.3 Å². The molecule has 0 bridgehead atoms. The lowest BCUT2D eigenvalue weighted by Crippen LogP contribution is -2.28. The molecule has 0 saturated carbocycles. The largest absolute Gasteiger partial charge is 0.391 e. The van der Waals surface area contributed by atoms with Gasteiger partial charge in [-0.2, -0.15) is 0 Å². The molecule has 5 heteroatoms. The average Bonchev–Trinajstić information content (AvgIpc) is 2.93. The van der Waals surface area contributed by atoms with Crippen LogP contribution in [0.2, 0.25) is 0 Å². The van der Waals surface area contributed by atoms with Crippen molar-refractivity contribution >= 4 is 27.3 Å². The molecular weight excluding hydrogens is 253 g/mol. The summed E-state index contributed by atoms with van der Waals surface area (Å²) < 4.78 is 14.0. The van der Waals surface area contributed by atoms with Crippen molar-refractivity contribution in [3.63, 3.8) is 0 Å². The zero-order valence-electron chi connectivity index (χ0n) is 9.60. The summed E-state index contributed by atoms with van der Waals surface area (Å²) in [6, 6.07) is 6.23. The van der Waals surface area contributed by atoms with Gasteiger partial charge in [0.05, 0.1) is 11.0 Å². The molecule has 1 saturated heterocycles. The Morgan fingerprint density at radius 2 is 2.28 bits per heavy atom. The molecule has 1 amide bonds. The summed E-state index contributed by atoms with van der Waals surface area (Å²) in [4.78, 5) is 14.4. The Labute approximate surface area is 107 Å². The van der Waals surface area contributed by atoms with E-state index >= 15 is 0 Å². The summed E-state index contributed by atoms with van der Waals surface area (Å²) in [7, 11) is 0. The Bertz CT molecular complexity index is 610. The lowest BCUT2D eigenvalue weighted by atomic mass is 10.2. The molecule has 3 nitrogen and oxygen atoms in total. The maximum absolute atomic E-state index is 13.1. The first kappa shape index (κ1) is 11.6. The van der Waals surface area contributed by atoms with Crippen LogP contribution in [-0.4, -0.2) is 35.1 Å². The topological polar surface area (TPSA) is 40.5 Å². The number of amides is 1. The Morgan fingerprint density at radius 1 is 1.44 bits per heavy atom. The predicted molar refractivity (Wildman–Crippen MR) is 68.3 cm³/mol. The van der Waals surface area contributed by atoms with E-state index in [4.69, 9.17) is 0 Å². The number of carbonyl (C=O) groups is 1. The minimum atomic E-state index is -0.416. The van der Waals surface area contributed by atoms with Crippen LogP contribution in [0.4, 0.5) is 4.39 Å². The molecule has 1 aromatic heterocycles. The van der Waals surface area contributed by atoms with Crippen LogP contribution in [0, 0.1) is 5.82 Å². The van der Waals surface area contributed by atoms with Gasteiger partial charge in [-0.25, -0.2) is 4.39 Å². The molecule has 3 rings (SSSR count). The van der Waals surface area contributed by atoms with Crippen LogP contribution in [0.5, 0.6) is 0 Å². The van der Waals surface area contributed by atoms with E-state index in [2.05, 4.69) is 0 Å². The highest BCUT2D eigenvalue weighted by molar-refractivity contribution is 7.20. The summed E-state index contributed by atoms with van der Waals surface area (Å²) in [5.74, 6) is -0.371. The molecule has 0 spiro atoms. The smallest absolute Gasteiger partial charge is 0.264 e. The summed E-state index contributed by atoms with van der Waals surface area (Å²) in [5.41, 5.74) is 0. The van der Waals surface area contributed by atoms with Crippen LogP contribution >= 0.6 is 11.3 Å². The fourth-order valence-electron chi connectivity index (χ4n) is 2.20. The molecule has 0 aliphatic carbocycles. The molecule has 1 fully saturated rings. The number of carbonyl (C=O) groups excluding carboxylic acids is 1. The molecular formula is C13H12FNO2S. The van der Waals surface area contributed by atoms with E-state index in [0.717, 1.165) is 10.1 Å². The van der Waals surface area contributed by atoms with Gasteiger partial charge in [0.2, 0.25) is 0 Å². The summed E-state index contributed by atoms with van der Waals surface area (Å²) in [5, 5.41) is 10.2. The van der Waals surface area contributed by atoms with Crippen LogP contribution in [-0.2, 0) is 0 Å². The first-order chi connectivity index (χ1) is 8.63. The molecule has 1 unspecified atom stereocenters. The minimum Gasteiger partial charge on any atom is -0.391 e. The van der Waals surface area contributed by atoms with Gasteiger partial charge in [0.25, 0.3) is 5.91 Å². The van der Waals surface area contributed by atoms with Gasteiger partial charge in [0.1, 0.15) is 5.82 Å². The molecule has 1 N–H and O–H groups in total. The average molecular weight is 265 g/mol. The van der Waals surface area contributed by atoms with E-state index in [-0.39, 0.29) is 11.7 Å². The second kappa shape index (κ2) is 4.33. The third kappa shape index (κ3) is 2.00. The maximum atomic E-state index is 13.1. The normalized spacial score (nSPS) is 19.7. The van der Waals surface area contributed by atoms with E-state index in [1.54, 1.807) is 17.0 Å². The first-order valence-electron chi connectivity index (χ1n) is 5.80. The van der Waals surface area contributed by atoms with Crippen LogP contribution in [0.3, 0.4) is 0 Å². The van der Waals surface area contributed by atoms with Crippen LogP contribution in [0.1, 0.15) is 16.1 Å². The van der Waals surface area contributed by atoms with Gasteiger partial charge in [-0.1, -0.05) is 0 Å². The lowest BCUT2D eigenvalue weighted by molar-refractivity contribution is 0.0770. The first-order valence-corrected chi connectivity index (χ1v) is 6.61. The molecule has 2 heterocycles. The predicted octanol–water partition coefficient (Wildman–Crippen LogP) is 2.25. The van der Waals surface area contributed by atoms with E-state index < -0.39 is 6.10 Å². The van der Waals surface area contributed by atoms with Crippen molar-refractivity contribution in [2.24, 2.45) is 0 Å². The van der Waals surface area contributed by atoms with Gasteiger partial charge >= 0.3 is 0 Å². The van der Waals surface area contributed by atoms with Gasteiger partial charge in [-0.05, 0) is 36.1 Å². The third-order valence-electron chi connectivity index (χ3n) is 3.14. The number of aliphatic hydroxyl groups excluding tert-OH is 1. The fourth-order valence-corrected chi connectivity index (χ4v) is 3.21. The van der Waals surface area contributed by atoms with Gasteiger partial charge < -0.3 is 10.0 Å². The summed E-state index contributed by atoms with van der Waals surface area (Å²) >= 11 is 1.36. The number of nitrogens with zero attached hydrogens (tertiary/aromatic N) is 1. The Hall–Kier alpha value is -1.46. The molecule has 18 heavy (non-hydrogen) atoms. The molecule has 2 aromatic rings. The van der Waals surface area contributed by atoms with Crippen molar-refractivity contribution in [2.45, 2.75) is 12.5 Å². The molecule has 1 aromatic carbocycles. The molecule has 94 valence electrons. The Balaban J connectivity index is 1.92. The van der Waals surface area contributed by atoms with E-state index in [0.29, 0.717) is 24.4 Å². The molecule has 1 atom stereocenters. The highest BCUT2D eigenvalue weighted by Gasteiger charge is 2.26. The van der Waals surface area contributed by atoms with Gasteiger partial charge in [0, 0.05) is 17.8 Å². The highest BCUT2D eigenvalue weighted by atomic mass is 32.1. The fraction of sp³-hybridized carbons (Fsp3) is 0.308. The molecule has 1 aliphatic heterocycles. The zero-order chi connectivity index (χ0) is 12.7.